The zero-order valence-corrected chi connectivity index (χ0v) is 16.7. The van der Waals surface area contributed by atoms with Crippen LogP contribution in [0.1, 0.15) is 12.8 Å². The van der Waals surface area contributed by atoms with Crippen LogP contribution in [0.5, 0.6) is 0 Å². The third-order valence-corrected chi connectivity index (χ3v) is 6.15. The van der Waals surface area contributed by atoms with Crippen molar-refractivity contribution >= 4 is 35.0 Å². The number of hydrogen-bond acceptors (Lipinski definition) is 6. The van der Waals surface area contributed by atoms with E-state index in [2.05, 4.69) is 10.6 Å². The minimum atomic E-state index is -1.03. The van der Waals surface area contributed by atoms with Crippen molar-refractivity contribution in [1.82, 2.24) is 5.32 Å². The smallest absolute Gasteiger partial charge is 0.313 e. The summed E-state index contributed by atoms with van der Waals surface area (Å²) in [5, 5.41) is 15.7. The number of anilines is 1. The highest BCUT2D eigenvalue weighted by Gasteiger charge is 2.35. The quantitative estimate of drug-likeness (QED) is 0.411. The van der Waals surface area contributed by atoms with E-state index in [-0.39, 0.29) is 17.0 Å². The molecule has 0 saturated carbocycles. The van der Waals surface area contributed by atoms with Crippen LogP contribution in [0.25, 0.3) is 0 Å². The molecule has 1 aliphatic heterocycles. The SMILES string of the molecule is O=C(NCC1(Sc2ccccc2)CCOCC1)C(=O)Nc1ccc(F)c([N+](=O)[O-])c1. The molecular formula is C20H20FN3O5S. The first kappa shape index (κ1) is 21.7. The Balaban J connectivity index is 1.63. The minimum absolute atomic E-state index is 0.0392. The Morgan fingerprint density at radius 1 is 1.13 bits per heavy atom. The van der Waals surface area contributed by atoms with Crippen LogP contribution in [0.2, 0.25) is 0 Å². The maximum atomic E-state index is 13.4. The summed E-state index contributed by atoms with van der Waals surface area (Å²) in [4.78, 5) is 35.5. The summed E-state index contributed by atoms with van der Waals surface area (Å²) < 4.78 is 18.5. The number of amides is 2. The molecule has 2 N–H and O–H groups in total. The van der Waals surface area contributed by atoms with Gasteiger partial charge in [-0.1, -0.05) is 18.2 Å². The number of thioether (sulfide) groups is 1. The predicted molar refractivity (Wildman–Crippen MR) is 110 cm³/mol. The zero-order chi connectivity index (χ0) is 21.6. The number of carbonyl (C=O) groups is 2. The molecule has 0 spiro atoms. The first-order valence-electron chi connectivity index (χ1n) is 9.23. The van der Waals surface area contributed by atoms with Gasteiger partial charge in [-0.25, -0.2) is 0 Å². The molecule has 3 rings (SSSR count). The Labute approximate surface area is 176 Å². The van der Waals surface area contributed by atoms with Gasteiger partial charge in [0.1, 0.15) is 0 Å². The summed E-state index contributed by atoms with van der Waals surface area (Å²) in [7, 11) is 0. The lowest BCUT2D eigenvalue weighted by Gasteiger charge is -2.36. The molecule has 0 bridgehead atoms. The van der Waals surface area contributed by atoms with Crippen LogP contribution in [-0.4, -0.2) is 41.2 Å². The number of rotatable bonds is 6. The van der Waals surface area contributed by atoms with Crippen LogP contribution in [0.15, 0.2) is 53.4 Å². The Bertz CT molecular complexity index is 935. The van der Waals surface area contributed by atoms with Gasteiger partial charge in [-0.15, -0.1) is 11.8 Å². The van der Waals surface area contributed by atoms with E-state index in [1.165, 1.54) is 0 Å². The molecule has 8 nitrogen and oxygen atoms in total. The van der Waals surface area contributed by atoms with Gasteiger partial charge in [0.15, 0.2) is 0 Å². The molecule has 158 valence electrons. The van der Waals surface area contributed by atoms with Crippen molar-refractivity contribution < 1.29 is 23.6 Å². The lowest BCUT2D eigenvalue weighted by atomic mass is 9.99. The van der Waals surface area contributed by atoms with Gasteiger partial charge in [0.2, 0.25) is 5.82 Å². The van der Waals surface area contributed by atoms with Crippen molar-refractivity contribution in [2.24, 2.45) is 0 Å². The zero-order valence-electron chi connectivity index (χ0n) is 15.9. The summed E-state index contributed by atoms with van der Waals surface area (Å²) in [5.41, 5.74) is -0.823. The van der Waals surface area contributed by atoms with Crippen molar-refractivity contribution in [3.63, 3.8) is 0 Å². The third kappa shape index (κ3) is 5.55. The molecule has 0 radical (unpaired) electrons. The number of nitrogens with zero attached hydrogens (tertiary/aromatic N) is 1. The average molecular weight is 433 g/mol. The van der Waals surface area contributed by atoms with Gasteiger partial charge >= 0.3 is 17.5 Å². The van der Waals surface area contributed by atoms with E-state index in [0.717, 1.165) is 23.1 Å². The van der Waals surface area contributed by atoms with Gasteiger partial charge in [-0.3, -0.25) is 19.7 Å². The molecule has 1 saturated heterocycles. The number of nitro benzene ring substituents is 1. The van der Waals surface area contributed by atoms with E-state index in [4.69, 9.17) is 4.74 Å². The standard InChI is InChI=1S/C20H20FN3O5S/c21-16-7-6-14(12-17(16)24(27)28)23-19(26)18(25)22-13-20(8-10-29-11-9-20)30-15-4-2-1-3-5-15/h1-7,12H,8-11,13H2,(H,22,25)(H,23,26). The molecule has 1 heterocycles. The van der Waals surface area contributed by atoms with E-state index in [0.29, 0.717) is 26.1 Å². The van der Waals surface area contributed by atoms with Crippen molar-refractivity contribution in [2.75, 3.05) is 25.1 Å². The lowest BCUT2D eigenvalue weighted by molar-refractivity contribution is -0.387. The first-order valence-corrected chi connectivity index (χ1v) is 10.1. The molecule has 30 heavy (non-hydrogen) atoms. The summed E-state index contributed by atoms with van der Waals surface area (Å²) in [5.74, 6) is -2.88. The summed E-state index contributed by atoms with van der Waals surface area (Å²) in [6.07, 6.45) is 1.41. The number of hydrogen-bond donors (Lipinski definition) is 2. The molecule has 1 aliphatic rings. The largest absolute Gasteiger partial charge is 0.381 e. The van der Waals surface area contributed by atoms with E-state index >= 15 is 0 Å². The number of benzene rings is 2. The fourth-order valence-electron chi connectivity index (χ4n) is 3.04. The van der Waals surface area contributed by atoms with Gasteiger partial charge < -0.3 is 15.4 Å². The molecular weight excluding hydrogens is 413 g/mol. The van der Waals surface area contributed by atoms with Crippen molar-refractivity contribution in [2.45, 2.75) is 22.5 Å². The fourth-order valence-corrected chi connectivity index (χ4v) is 4.35. The molecule has 2 aromatic carbocycles. The van der Waals surface area contributed by atoms with Gasteiger partial charge in [-0.05, 0) is 37.1 Å². The molecule has 2 amide bonds. The highest BCUT2D eigenvalue weighted by Crippen LogP contribution is 2.40. The number of nitrogens with one attached hydrogen (secondary N) is 2. The van der Waals surface area contributed by atoms with Gasteiger partial charge in [0, 0.05) is 41.2 Å². The first-order chi connectivity index (χ1) is 14.4. The third-order valence-electron chi connectivity index (χ3n) is 4.66. The molecule has 0 unspecified atom stereocenters. The van der Waals surface area contributed by atoms with E-state index in [1.54, 1.807) is 11.8 Å². The summed E-state index contributed by atoms with van der Waals surface area (Å²) in [6, 6.07) is 12.6. The van der Waals surface area contributed by atoms with E-state index in [1.807, 2.05) is 30.3 Å². The van der Waals surface area contributed by atoms with Gasteiger partial charge in [0.05, 0.1) is 4.92 Å². The van der Waals surface area contributed by atoms with Crippen molar-refractivity contribution in [3.05, 3.63) is 64.5 Å². The second-order valence-electron chi connectivity index (χ2n) is 6.77. The maximum absolute atomic E-state index is 13.4. The van der Waals surface area contributed by atoms with Gasteiger partial charge in [-0.2, -0.15) is 4.39 Å². The van der Waals surface area contributed by atoms with Crippen molar-refractivity contribution in [1.29, 1.82) is 0 Å². The number of carbonyl (C=O) groups excluding carboxylic acids is 2. The Hall–Kier alpha value is -2.98. The molecule has 10 heteroatoms. The highest BCUT2D eigenvalue weighted by atomic mass is 32.2. The molecule has 0 atom stereocenters. The summed E-state index contributed by atoms with van der Waals surface area (Å²) in [6.45, 7) is 1.37. The number of nitro groups is 1. The van der Waals surface area contributed by atoms with Crippen LogP contribution >= 0.6 is 11.8 Å². The Kier molecular flexibility index (Phi) is 7.01. The number of halogens is 1. The van der Waals surface area contributed by atoms with Crippen LogP contribution in [0, 0.1) is 15.9 Å². The second-order valence-corrected chi connectivity index (χ2v) is 8.31. The average Bonchev–Trinajstić information content (AvgIpc) is 2.74. The van der Waals surface area contributed by atoms with E-state index in [9.17, 15) is 24.1 Å². The lowest BCUT2D eigenvalue weighted by Crippen LogP contribution is -2.47. The monoisotopic (exact) mass is 433 g/mol. The summed E-state index contributed by atoms with van der Waals surface area (Å²) >= 11 is 1.63. The van der Waals surface area contributed by atoms with Crippen molar-refractivity contribution in [3.8, 4) is 0 Å². The molecule has 0 aliphatic carbocycles. The molecule has 1 fully saturated rings. The Morgan fingerprint density at radius 3 is 2.50 bits per heavy atom. The van der Waals surface area contributed by atoms with E-state index < -0.39 is 28.2 Å². The van der Waals surface area contributed by atoms with Crippen LogP contribution < -0.4 is 10.6 Å². The van der Waals surface area contributed by atoms with Gasteiger partial charge in [0.25, 0.3) is 0 Å². The van der Waals surface area contributed by atoms with Crippen LogP contribution in [-0.2, 0) is 14.3 Å². The maximum Gasteiger partial charge on any atom is 0.313 e. The normalized spacial score (nSPS) is 15.2. The molecule has 0 aromatic heterocycles. The fraction of sp³-hybridized carbons (Fsp3) is 0.300. The van der Waals surface area contributed by atoms with Crippen LogP contribution in [0.3, 0.4) is 0 Å². The Morgan fingerprint density at radius 2 is 1.83 bits per heavy atom. The highest BCUT2D eigenvalue weighted by molar-refractivity contribution is 8.00. The van der Waals surface area contributed by atoms with Crippen LogP contribution in [0.4, 0.5) is 15.8 Å². The predicted octanol–water partition coefficient (Wildman–Crippen LogP) is 3.13. The minimum Gasteiger partial charge on any atom is -0.381 e. The number of ether oxygens (including phenoxy) is 1. The second kappa shape index (κ2) is 9.68. The molecule has 2 aromatic rings. The topological polar surface area (TPSA) is 111 Å².